The lowest BCUT2D eigenvalue weighted by Crippen LogP contribution is -2.33. The van der Waals surface area contributed by atoms with E-state index in [0.29, 0.717) is 19.0 Å². The van der Waals surface area contributed by atoms with Crippen LogP contribution in [0, 0.1) is 11.7 Å². The predicted octanol–water partition coefficient (Wildman–Crippen LogP) is 2.03. The predicted molar refractivity (Wildman–Crippen MR) is 66.0 cm³/mol. The van der Waals surface area contributed by atoms with Gasteiger partial charge in [0.1, 0.15) is 0 Å². The van der Waals surface area contributed by atoms with Gasteiger partial charge in [0.05, 0.1) is 0 Å². The number of aromatic nitrogens is 1. The maximum absolute atomic E-state index is 13.6. The van der Waals surface area contributed by atoms with E-state index in [2.05, 4.69) is 11.9 Å². The number of halogens is 1. The first-order chi connectivity index (χ1) is 8.51. The topological polar surface area (TPSA) is 50.3 Å². The van der Waals surface area contributed by atoms with Gasteiger partial charge in [-0.05, 0) is 37.3 Å². The second-order valence-corrected chi connectivity index (χ2v) is 6.58. The minimum atomic E-state index is -3.79. The summed E-state index contributed by atoms with van der Waals surface area (Å²) in [5, 5.41) is -0.459. The molecule has 0 spiro atoms. The molecular formula is C12H17FN2O2S. The Morgan fingerprint density at radius 2 is 2.17 bits per heavy atom. The van der Waals surface area contributed by atoms with E-state index in [9.17, 15) is 12.8 Å². The fourth-order valence-electron chi connectivity index (χ4n) is 2.16. The Morgan fingerprint density at radius 3 is 2.89 bits per heavy atom. The Hall–Kier alpha value is -1.01. The first-order valence-electron chi connectivity index (χ1n) is 6.12. The van der Waals surface area contributed by atoms with Crippen LogP contribution in [0.3, 0.4) is 0 Å². The largest absolute Gasteiger partial charge is 0.263 e. The molecule has 1 aromatic rings. The van der Waals surface area contributed by atoms with Gasteiger partial charge in [0.25, 0.3) is 10.0 Å². The van der Waals surface area contributed by atoms with E-state index < -0.39 is 20.9 Å². The second-order valence-electron chi connectivity index (χ2n) is 4.73. The lowest BCUT2D eigenvalue weighted by molar-refractivity contribution is 0.410. The fraction of sp³-hybridized carbons (Fsp3) is 0.583. The van der Waals surface area contributed by atoms with Gasteiger partial charge in [0.15, 0.2) is 5.82 Å². The highest BCUT2D eigenvalue weighted by molar-refractivity contribution is 7.89. The quantitative estimate of drug-likeness (QED) is 0.827. The van der Waals surface area contributed by atoms with E-state index in [4.69, 9.17) is 0 Å². The average Bonchev–Trinajstić information content (AvgIpc) is 2.54. The molecule has 0 aliphatic carbocycles. The SMILES string of the molecule is CC1CCCN(S(=O)(=O)c2ncccc2F)CC1. The molecule has 1 aliphatic heterocycles. The second kappa shape index (κ2) is 5.32. The van der Waals surface area contributed by atoms with Gasteiger partial charge in [-0.15, -0.1) is 0 Å². The Kier molecular flexibility index (Phi) is 3.97. The van der Waals surface area contributed by atoms with Crippen molar-refractivity contribution >= 4 is 10.0 Å². The molecule has 0 saturated carbocycles. The molecule has 1 saturated heterocycles. The minimum absolute atomic E-state index is 0.444. The van der Waals surface area contributed by atoms with Crippen LogP contribution >= 0.6 is 0 Å². The molecule has 18 heavy (non-hydrogen) atoms. The van der Waals surface area contributed by atoms with E-state index in [-0.39, 0.29) is 0 Å². The Labute approximate surface area is 107 Å². The van der Waals surface area contributed by atoms with Crippen LogP contribution in [0.5, 0.6) is 0 Å². The van der Waals surface area contributed by atoms with Gasteiger partial charge in [0.2, 0.25) is 5.03 Å². The highest BCUT2D eigenvalue weighted by Gasteiger charge is 2.29. The van der Waals surface area contributed by atoms with Crippen LogP contribution in [0.1, 0.15) is 26.2 Å². The summed E-state index contributed by atoms with van der Waals surface area (Å²) in [7, 11) is -3.79. The van der Waals surface area contributed by atoms with Gasteiger partial charge in [-0.3, -0.25) is 0 Å². The lowest BCUT2D eigenvalue weighted by Gasteiger charge is -2.19. The molecule has 4 nitrogen and oxygen atoms in total. The first kappa shape index (κ1) is 13.4. The molecule has 0 bridgehead atoms. The highest BCUT2D eigenvalue weighted by atomic mass is 32.2. The Bertz CT molecular complexity index is 519. The third kappa shape index (κ3) is 2.70. The van der Waals surface area contributed by atoms with E-state index in [0.717, 1.165) is 25.3 Å². The molecule has 1 aliphatic rings. The van der Waals surface area contributed by atoms with Gasteiger partial charge in [-0.2, -0.15) is 4.31 Å². The normalized spacial score (nSPS) is 22.7. The molecule has 2 rings (SSSR count). The highest BCUT2D eigenvalue weighted by Crippen LogP contribution is 2.22. The van der Waals surface area contributed by atoms with Crippen molar-refractivity contribution in [2.45, 2.75) is 31.2 Å². The van der Waals surface area contributed by atoms with Crippen molar-refractivity contribution in [2.24, 2.45) is 5.92 Å². The number of nitrogens with zero attached hydrogens (tertiary/aromatic N) is 2. The summed E-state index contributed by atoms with van der Waals surface area (Å²) in [6.07, 6.45) is 3.94. The smallest absolute Gasteiger partial charge is 0.241 e. The molecule has 0 aromatic carbocycles. The summed E-state index contributed by atoms with van der Waals surface area (Å²) in [6, 6.07) is 2.51. The van der Waals surface area contributed by atoms with Gasteiger partial charge in [-0.1, -0.05) is 6.92 Å². The summed E-state index contributed by atoms with van der Waals surface area (Å²) in [4.78, 5) is 3.67. The van der Waals surface area contributed by atoms with Gasteiger partial charge in [0, 0.05) is 19.3 Å². The maximum Gasteiger partial charge on any atom is 0.263 e. The Balaban J connectivity index is 2.28. The third-order valence-corrected chi connectivity index (χ3v) is 5.12. The van der Waals surface area contributed by atoms with Crippen LogP contribution in [0.15, 0.2) is 23.4 Å². The lowest BCUT2D eigenvalue weighted by atomic mass is 10.0. The monoisotopic (exact) mass is 272 g/mol. The molecule has 0 amide bonds. The molecule has 1 unspecified atom stereocenters. The molecular weight excluding hydrogens is 255 g/mol. The van der Waals surface area contributed by atoms with E-state index >= 15 is 0 Å². The van der Waals surface area contributed by atoms with Crippen molar-refractivity contribution in [1.82, 2.24) is 9.29 Å². The first-order valence-corrected chi connectivity index (χ1v) is 7.56. The summed E-state index contributed by atoms with van der Waals surface area (Å²) in [5.41, 5.74) is 0. The molecule has 1 aromatic heterocycles. The molecule has 100 valence electrons. The van der Waals surface area contributed by atoms with E-state index in [1.54, 1.807) is 0 Å². The minimum Gasteiger partial charge on any atom is -0.241 e. The number of sulfonamides is 1. The van der Waals surface area contributed by atoms with Crippen LogP contribution in [0.2, 0.25) is 0 Å². The maximum atomic E-state index is 13.6. The van der Waals surface area contributed by atoms with Crippen LogP contribution < -0.4 is 0 Å². The van der Waals surface area contributed by atoms with Gasteiger partial charge in [-0.25, -0.2) is 17.8 Å². The number of pyridine rings is 1. The van der Waals surface area contributed by atoms with Crippen molar-refractivity contribution in [2.75, 3.05) is 13.1 Å². The zero-order valence-electron chi connectivity index (χ0n) is 10.3. The molecule has 1 fully saturated rings. The molecule has 1 atom stereocenters. The number of hydrogen-bond acceptors (Lipinski definition) is 3. The van der Waals surface area contributed by atoms with Crippen LogP contribution in [0.4, 0.5) is 4.39 Å². The van der Waals surface area contributed by atoms with Gasteiger partial charge < -0.3 is 0 Å². The van der Waals surface area contributed by atoms with Crippen molar-refractivity contribution < 1.29 is 12.8 Å². The summed E-state index contributed by atoms with van der Waals surface area (Å²) < 4.78 is 39.5. The van der Waals surface area contributed by atoms with E-state index in [1.165, 1.54) is 16.6 Å². The van der Waals surface area contributed by atoms with Crippen molar-refractivity contribution in [1.29, 1.82) is 0 Å². The fourth-order valence-corrected chi connectivity index (χ4v) is 3.63. The standard InChI is InChI=1S/C12H17FN2O2S/c1-10-4-3-8-15(9-6-10)18(16,17)12-11(13)5-2-7-14-12/h2,5,7,10H,3-4,6,8-9H2,1H3. The number of hydrogen-bond donors (Lipinski definition) is 0. The zero-order chi connectivity index (χ0) is 13.2. The van der Waals surface area contributed by atoms with Crippen LogP contribution in [0.25, 0.3) is 0 Å². The number of rotatable bonds is 2. The van der Waals surface area contributed by atoms with Crippen molar-refractivity contribution in [3.05, 3.63) is 24.1 Å². The molecule has 0 N–H and O–H groups in total. The molecule has 6 heteroatoms. The van der Waals surface area contributed by atoms with Crippen LogP contribution in [-0.2, 0) is 10.0 Å². The average molecular weight is 272 g/mol. The summed E-state index contributed by atoms with van der Waals surface area (Å²) >= 11 is 0. The van der Waals surface area contributed by atoms with Crippen molar-refractivity contribution in [3.63, 3.8) is 0 Å². The van der Waals surface area contributed by atoms with Gasteiger partial charge >= 0.3 is 0 Å². The zero-order valence-corrected chi connectivity index (χ0v) is 11.2. The molecule has 2 heterocycles. The Morgan fingerprint density at radius 1 is 1.39 bits per heavy atom. The van der Waals surface area contributed by atoms with Crippen molar-refractivity contribution in [3.8, 4) is 0 Å². The molecule has 0 radical (unpaired) electrons. The van der Waals surface area contributed by atoms with E-state index in [1.807, 2.05) is 0 Å². The van der Waals surface area contributed by atoms with Crippen LogP contribution in [-0.4, -0.2) is 30.8 Å². The summed E-state index contributed by atoms with van der Waals surface area (Å²) in [5.74, 6) is -0.270. The summed E-state index contributed by atoms with van der Waals surface area (Å²) in [6.45, 7) is 3.00. The third-order valence-electron chi connectivity index (χ3n) is 3.28.